The van der Waals surface area contributed by atoms with Crippen molar-refractivity contribution in [3.8, 4) is 17.2 Å². The molecule has 0 aromatic heterocycles. The van der Waals surface area contributed by atoms with Crippen LogP contribution in [-0.4, -0.2) is 43.2 Å². The van der Waals surface area contributed by atoms with Gasteiger partial charge in [-0.2, -0.15) is 0 Å². The van der Waals surface area contributed by atoms with E-state index < -0.39 is 0 Å². The topological polar surface area (TPSA) is 77.1 Å². The van der Waals surface area contributed by atoms with Crippen LogP contribution >= 0.6 is 0 Å². The van der Waals surface area contributed by atoms with Crippen LogP contribution in [0.1, 0.15) is 24.5 Å². The van der Waals surface area contributed by atoms with Gasteiger partial charge in [0, 0.05) is 19.1 Å². The zero-order valence-electron chi connectivity index (χ0n) is 18.4. The Kier molecular flexibility index (Phi) is 6.63. The lowest BCUT2D eigenvalue weighted by Crippen LogP contribution is -2.47. The molecular formula is C25H28N2O5. The second-order valence-electron chi connectivity index (χ2n) is 8.03. The molecule has 0 spiro atoms. The molecule has 1 N–H and O–H groups in total. The first kappa shape index (κ1) is 21.7. The van der Waals surface area contributed by atoms with Gasteiger partial charge in [0.25, 0.3) is 0 Å². The summed E-state index contributed by atoms with van der Waals surface area (Å²) in [6, 6.07) is 12.9. The third kappa shape index (κ3) is 4.88. The van der Waals surface area contributed by atoms with Gasteiger partial charge in [-0.15, -0.1) is 0 Å². The van der Waals surface area contributed by atoms with Gasteiger partial charge >= 0.3 is 0 Å². The van der Waals surface area contributed by atoms with Crippen molar-refractivity contribution in [2.24, 2.45) is 5.92 Å². The van der Waals surface area contributed by atoms with Crippen LogP contribution in [0.4, 0.5) is 0 Å². The van der Waals surface area contributed by atoms with E-state index >= 15 is 0 Å². The second kappa shape index (κ2) is 9.77. The monoisotopic (exact) mass is 436 g/mol. The van der Waals surface area contributed by atoms with Crippen molar-refractivity contribution in [2.45, 2.75) is 32.4 Å². The summed E-state index contributed by atoms with van der Waals surface area (Å²) in [5.41, 5.74) is 1.82. The summed E-state index contributed by atoms with van der Waals surface area (Å²) in [5.74, 6) is 1.73. The number of fused-ring (bicyclic) bond motifs is 1. The van der Waals surface area contributed by atoms with Gasteiger partial charge in [-0.25, -0.2) is 0 Å². The fourth-order valence-electron chi connectivity index (χ4n) is 4.10. The van der Waals surface area contributed by atoms with Crippen LogP contribution in [0.15, 0.2) is 54.6 Å². The SMILES string of the molecule is COc1cccc(CC(=O)N2CC=CC[C@H](C(=O)NCc3ccc4c(c3)OCO4)[C@H]2C)c1. The number of rotatable bonds is 6. The molecule has 2 heterocycles. The number of carbonyl (C=O) groups is 2. The minimum Gasteiger partial charge on any atom is -0.497 e. The highest BCUT2D eigenvalue weighted by Crippen LogP contribution is 2.32. The Hall–Kier alpha value is -3.48. The zero-order valence-corrected chi connectivity index (χ0v) is 18.4. The summed E-state index contributed by atoms with van der Waals surface area (Å²) in [5, 5.41) is 3.02. The molecule has 7 nitrogen and oxygen atoms in total. The van der Waals surface area contributed by atoms with Crippen LogP contribution in [0.5, 0.6) is 17.2 Å². The lowest BCUT2D eigenvalue weighted by atomic mass is 9.95. The smallest absolute Gasteiger partial charge is 0.231 e. The molecule has 2 amide bonds. The number of methoxy groups -OCH3 is 1. The minimum absolute atomic E-state index is 0.00845. The van der Waals surface area contributed by atoms with Gasteiger partial charge in [-0.05, 0) is 48.7 Å². The molecular weight excluding hydrogens is 408 g/mol. The maximum atomic E-state index is 13.1. The molecule has 2 aliphatic rings. The van der Waals surface area contributed by atoms with E-state index in [-0.39, 0.29) is 37.0 Å². The van der Waals surface area contributed by atoms with Crippen molar-refractivity contribution in [2.75, 3.05) is 20.4 Å². The summed E-state index contributed by atoms with van der Waals surface area (Å²) < 4.78 is 16.0. The minimum atomic E-state index is -0.322. The number of allylic oxidation sites excluding steroid dienone is 1. The molecule has 2 aromatic rings. The molecule has 0 unspecified atom stereocenters. The van der Waals surface area contributed by atoms with Crippen molar-refractivity contribution in [3.05, 3.63) is 65.7 Å². The highest BCUT2D eigenvalue weighted by molar-refractivity contribution is 5.83. The predicted molar refractivity (Wildman–Crippen MR) is 120 cm³/mol. The number of nitrogens with zero attached hydrogens (tertiary/aromatic N) is 1. The van der Waals surface area contributed by atoms with Crippen molar-refractivity contribution in [3.63, 3.8) is 0 Å². The first-order chi connectivity index (χ1) is 15.5. The molecule has 168 valence electrons. The van der Waals surface area contributed by atoms with Gasteiger partial charge in [0.05, 0.1) is 19.4 Å². The van der Waals surface area contributed by atoms with Crippen LogP contribution in [0.3, 0.4) is 0 Å². The first-order valence-electron chi connectivity index (χ1n) is 10.8. The van der Waals surface area contributed by atoms with Crippen LogP contribution < -0.4 is 19.5 Å². The van der Waals surface area contributed by atoms with Crippen LogP contribution in [-0.2, 0) is 22.6 Å². The highest BCUT2D eigenvalue weighted by atomic mass is 16.7. The van der Waals surface area contributed by atoms with E-state index in [1.165, 1.54) is 0 Å². The molecule has 0 bridgehead atoms. The van der Waals surface area contributed by atoms with Gasteiger partial charge in [-0.1, -0.05) is 30.4 Å². The van der Waals surface area contributed by atoms with Gasteiger partial charge in [0.2, 0.25) is 18.6 Å². The molecule has 0 saturated heterocycles. The molecule has 0 aliphatic carbocycles. The maximum Gasteiger partial charge on any atom is 0.231 e. The zero-order chi connectivity index (χ0) is 22.5. The van der Waals surface area contributed by atoms with E-state index in [0.717, 1.165) is 16.9 Å². The standard InChI is InChI=1S/C25H28N2O5/c1-17-21(25(29)26-15-19-9-10-22-23(13-19)32-16-31-22)8-3-4-11-27(17)24(28)14-18-6-5-7-20(12-18)30-2/h3-7,9-10,12-13,17,21H,8,11,14-16H2,1-2H3,(H,26,29)/t17-,21+/m1/s1. The van der Waals surface area contributed by atoms with E-state index in [2.05, 4.69) is 5.32 Å². The lowest BCUT2D eigenvalue weighted by molar-refractivity contribution is -0.135. The largest absolute Gasteiger partial charge is 0.497 e. The molecule has 7 heteroatoms. The third-order valence-electron chi connectivity index (χ3n) is 5.98. The highest BCUT2D eigenvalue weighted by Gasteiger charge is 2.32. The van der Waals surface area contributed by atoms with Crippen molar-refractivity contribution >= 4 is 11.8 Å². The molecule has 32 heavy (non-hydrogen) atoms. The molecule has 0 radical (unpaired) electrons. The second-order valence-corrected chi connectivity index (χ2v) is 8.03. The van der Waals surface area contributed by atoms with E-state index in [4.69, 9.17) is 14.2 Å². The Morgan fingerprint density at radius 3 is 2.78 bits per heavy atom. The van der Waals surface area contributed by atoms with E-state index in [1.54, 1.807) is 12.0 Å². The fourth-order valence-corrected chi connectivity index (χ4v) is 4.10. The Morgan fingerprint density at radius 1 is 1.09 bits per heavy atom. The van der Waals surface area contributed by atoms with Crippen LogP contribution in [0, 0.1) is 5.92 Å². The number of hydrogen-bond donors (Lipinski definition) is 1. The Balaban J connectivity index is 1.39. The average Bonchev–Trinajstić information content (AvgIpc) is 3.18. The van der Waals surface area contributed by atoms with Gasteiger partial charge in [0.15, 0.2) is 11.5 Å². The molecule has 4 rings (SSSR count). The summed E-state index contributed by atoms with van der Waals surface area (Å²) in [7, 11) is 1.61. The van der Waals surface area contributed by atoms with Crippen molar-refractivity contribution in [1.82, 2.24) is 10.2 Å². The summed E-state index contributed by atoms with van der Waals surface area (Å²) in [4.78, 5) is 27.9. The Bertz CT molecular complexity index is 1020. The van der Waals surface area contributed by atoms with E-state index in [9.17, 15) is 9.59 Å². The lowest BCUT2D eigenvalue weighted by Gasteiger charge is -2.32. The maximum absolute atomic E-state index is 13.1. The fraction of sp³-hybridized carbons (Fsp3) is 0.360. The summed E-state index contributed by atoms with van der Waals surface area (Å²) >= 11 is 0. The number of hydrogen-bond acceptors (Lipinski definition) is 5. The van der Waals surface area contributed by atoms with E-state index in [0.29, 0.717) is 31.0 Å². The average molecular weight is 437 g/mol. The molecule has 2 aromatic carbocycles. The van der Waals surface area contributed by atoms with Crippen molar-refractivity contribution < 1.29 is 23.8 Å². The normalized spacial score (nSPS) is 19.4. The quantitative estimate of drug-likeness (QED) is 0.705. The van der Waals surface area contributed by atoms with Crippen LogP contribution in [0.25, 0.3) is 0 Å². The van der Waals surface area contributed by atoms with Crippen LogP contribution in [0.2, 0.25) is 0 Å². The summed E-state index contributed by atoms with van der Waals surface area (Å²) in [6.07, 6.45) is 4.81. The van der Waals surface area contributed by atoms with Gasteiger partial charge in [0.1, 0.15) is 5.75 Å². The number of nitrogens with one attached hydrogen (secondary N) is 1. The van der Waals surface area contributed by atoms with Crippen molar-refractivity contribution in [1.29, 1.82) is 0 Å². The predicted octanol–water partition coefficient (Wildman–Crippen LogP) is 3.08. The number of benzene rings is 2. The first-order valence-corrected chi connectivity index (χ1v) is 10.8. The van der Waals surface area contributed by atoms with Gasteiger partial charge in [-0.3, -0.25) is 9.59 Å². The molecule has 2 atom stereocenters. The van der Waals surface area contributed by atoms with Gasteiger partial charge < -0.3 is 24.4 Å². The number of ether oxygens (including phenoxy) is 3. The Morgan fingerprint density at radius 2 is 1.94 bits per heavy atom. The third-order valence-corrected chi connectivity index (χ3v) is 5.98. The Labute approximate surface area is 188 Å². The number of amides is 2. The number of carbonyl (C=O) groups excluding carboxylic acids is 2. The molecule has 0 saturated carbocycles. The summed E-state index contributed by atoms with van der Waals surface area (Å²) in [6.45, 7) is 3.05. The molecule has 0 fully saturated rings. The molecule has 2 aliphatic heterocycles. The van der Waals surface area contributed by atoms with E-state index in [1.807, 2.05) is 61.5 Å².